The summed E-state index contributed by atoms with van der Waals surface area (Å²) in [7, 11) is 0. The quantitative estimate of drug-likeness (QED) is 0.691. The normalized spacial score (nSPS) is 15.1. The molecular formula is C21H23F2NO3. The van der Waals surface area contributed by atoms with Gasteiger partial charge in [-0.1, -0.05) is 30.3 Å². The molecule has 27 heavy (non-hydrogen) atoms. The Kier molecular flexibility index (Phi) is 6.90. The summed E-state index contributed by atoms with van der Waals surface area (Å²) in [5.74, 6) is -1.79. The van der Waals surface area contributed by atoms with Crippen LogP contribution in [0.2, 0.25) is 0 Å². The van der Waals surface area contributed by atoms with E-state index in [4.69, 9.17) is 9.47 Å². The summed E-state index contributed by atoms with van der Waals surface area (Å²) in [6.45, 7) is 2.47. The Morgan fingerprint density at radius 3 is 2.52 bits per heavy atom. The van der Waals surface area contributed by atoms with Crippen LogP contribution in [0.5, 0.6) is 0 Å². The van der Waals surface area contributed by atoms with Crippen LogP contribution < -0.4 is 0 Å². The Morgan fingerprint density at radius 1 is 1.04 bits per heavy atom. The second-order valence-electron chi connectivity index (χ2n) is 6.52. The van der Waals surface area contributed by atoms with Crippen molar-refractivity contribution in [2.75, 3.05) is 26.3 Å². The summed E-state index contributed by atoms with van der Waals surface area (Å²) < 4.78 is 38.4. The predicted molar refractivity (Wildman–Crippen MR) is 97.3 cm³/mol. The van der Waals surface area contributed by atoms with Crippen LogP contribution in [0.4, 0.5) is 8.78 Å². The van der Waals surface area contributed by atoms with Crippen LogP contribution in [0.3, 0.4) is 0 Å². The van der Waals surface area contributed by atoms with E-state index in [9.17, 15) is 13.6 Å². The molecule has 0 atom stereocenters. The first kappa shape index (κ1) is 19.5. The SMILES string of the molecule is O=C(c1cc(F)ccc1F)N1CCC(OCCOCc2ccccc2)CC1. The first-order valence-electron chi connectivity index (χ1n) is 9.11. The van der Waals surface area contributed by atoms with E-state index in [1.165, 1.54) is 0 Å². The van der Waals surface area contributed by atoms with Crippen molar-refractivity contribution >= 4 is 5.91 Å². The fourth-order valence-electron chi connectivity index (χ4n) is 3.10. The Labute approximate surface area is 157 Å². The maximum absolute atomic E-state index is 13.8. The van der Waals surface area contributed by atoms with E-state index in [0.29, 0.717) is 45.8 Å². The predicted octanol–water partition coefficient (Wildman–Crippen LogP) is 3.80. The van der Waals surface area contributed by atoms with Crippen molar-refractivity contribution in [3.8, 4) is 0 Å². The minimum absolute atomic E-state index is 0.0479. The number of rotatable bonds is 7. The lowest BCUT2D eigenvalue weighted by Crippen LogP contribution is -2.41. The van der Waals surface area contributed by atoms with Crippen LogP contribution >= 0.6 is 0 Å². The molecule has 6 heteroatoms. The number of carbonyl (C=O) groups is 1. The van der Waals surface area contributed by atoms with Crippen molar-refractivity contribution in [1.82, 2.24) is 4.90 Å². The van der Waals surface area contributed by atoms with Gasteiger partial charge in [0, 0.05) is 13.1 Å². The average Bonchev–Trinajstić information content (AvgIpc) is 2.70. The van der Waals surface area contributed by atoms with E-state index < -0.39 is 17.5 Å². The van der Waals surface area contributed by atoms with Gasteiger partial charge in [-0.2, -0.15) is 0 Å². The number of hydrogen-bond donors (Lipinski definition) is 0. The van der Waals surface area contributed by atoms with E-state index in [1.807, 2.05) is 30.3 Å². The fourth-order valence-corrected chi connectivity index (χ4v) is 3.10. The molecule has 0 N–H and O–H groups in total. The monoisotopic (exact) mass is 375 g/mol. The van der Waals surface area contributed by atoms with Gasteiger partial charge in [0.25, 0.3) is 5.91 Å². The molecule has 2 aromatic carbocycles. The number of likely N-dealkylation sites (tertiary alicyclic amines) is 1. The van der Waals surface area contributed by atoms with Gasteiger partial charge in [0.15, 0.2) is 0 Å². The van der Waals surface area contributed by atoms with Crippen molar-refractivity contribution in [3.63, 3.8) is 0 Å². The number of benzene rings is 2. The zero-order chi connectivity index (χ0) is 19.1. The van der Waals surface area contributed by atoms with Gasteiger partial charge >= 0.3 is 0 Å². The van der Waals surface area contributed by atoms with E-state index in [0.717, 1.165) is 23.8 Å². The second kappa shape index (κ2) is 9.58. The largest absolute Gasteiger partial charge is 0.376 e. The van der Waals surface area contributed by atoms with E-state index in [1.54, 1.807) is 4.90 Å². The van der Waals surface area contributed by atoms with Gasteiger partial charge in [-0.15, -0.1) is 0 Å². The minimum Gasteiger partial charge on any atom is -0.376 e. The highest BCUT2D eigenvalue weighted by Crippen LogP contribution is 2.18. The number of halogens is 2. The minimum atomic E-state index is -0.699. The average molecular weight is 375 g/mol. The molecule has 2 aromatic rings. The zero-order valence-corrected chi connectivity index (χ0v) is 15.1. The third-order valence-corrected chi connectivity index (χ3v) is 4.58. The van der Waals surface area contributed by atoms with Crippen LogP contribution in [0.1, 0.15) is 28.8 Å². The first-order valence-corrected chi connectivity index (χ1v) is 9.11. The van der Waals surface area contributed by atoms with Gasteiger partial charge in [-0.3, -0.25) is 4.79 Å². The lowest BCUT2D eigenvalue weighted by Gasteiger charge is -2.32. The molecule has 0 unspecified atom stereocenters. The molecule has 0 bridgehead atoms. The van der Waals surface area contributed by atoms with Gasteiger partial charge in [0.1, 0.15) is 11.6 Å². The summed E-state index contributed by atoms with van der Waals surface area (Å²) in [4.78, 5) is 13.9. The molecule has 1 aliphatic rings. The molecule has 0 spiro atoms. The second-order valence-corrected chi connectivity index (χ2v) is 6.52. The van der Waals surface area contributed by atoms with Crippen molar-refractivity contribution in [3.05, 3.63) is 71.3 Å². The van der Waals surface area contributed by atoms with Crippen molar-refractivity contribution < 1.29 is 23.0 Å². The summed E-state index contributed by atoms with van der Waals surface area (Å²) >= 11 is 0. The maximum atomic E-state index is 13.8. The summed E-state index contributed by atoms with van der Waals surface area (Å²) in [5.41, 5.74) is 0.901. The highest BCUT2D eigenvalue weighted by Gasteiger charge is 2.25. The molecule has 0 aromatic heterocycles. The molecule has 1 aliphatic heterocycles. The molecule has 0 aliphatic carbocycles. The number of amides is 1. The Morgan fingerprint density at radius 2 is 1.78 bits per heavy atom. The van der Waals surface area contributed by atoms with Gasteiger partial charge in [0.2, 0.25) is 0 Å². The standard InChI is InChI=1S/C21H23F2NO3/c22-17-6-7-20(23)19(14-17)21(25)24-10-8-18(9-11-24)27-13-12-26-15-16-4-2-1-3-5-16/h1-7,14,18H,8-13,15H2. The van der Waals surface area contributed by atoms with Crippen molar-refractivity contribution in [2.45, 2.75) is 25.6 Å². The molecule has 1 fully saturated rings. The third kappa shape index (κ3) is 5.58. The van der Waals surface area contributed by atoms with Gasteiger partial charge in [-0.25, -0.2) is 8.78 Å². The molecule has 1 saturated heterocycles. The highest BCUT2D eigenvalue weighted by atomic mass is 19.1. The van der Waals surface area contributed by atoms with Crippen molar-refractivity contribution in [2.24, 2.45) is 0 Å². The summed E-state index contributed by atoms with van der Waals surface area (Å²) in [6.07, 6.45) is 1.38. The molecule has 1 heterocycles. The van der Waals surface area contributed by atoms with Crippen LogP contribution in [0.15, 0.2) is 48.5 Å². The fraction of sp³-hybridized carbons (Fsp3) is 0.381. The van der Waals surface area contributed by atoms with Gasteiger partial charge in [0.05, 0.1) is 31.5 Å². The third-order valence-electron chi connectivity index (χ3n) is 4.58. The van der Waals surface area contributed by atoms with Crippen LogP contribution in [-0.4, -0.2) is 43.2 Å². The number of ether oxygens (including phenoxy) is 2. The molecule has 4 nitrogen and oxygen atoms in total. The molecule has 3 rings (SSSR count). The van der Waals surface area contributed by atoms with E-state index in [2.05, 4.69) is 0 Å². The van der Waals surface area contributed by atoms with Crippen LogP contribution in [0, 0.1) is 11.6 Å². The first-order chi connectivity index (χ1) is 13.1. The molecule has 144 valence electrons. The van der Waals surface area contributed by atoms with Crippen LogP contribution in [0.25, 0.3) is 0 Å². The van der Waals surface area contributed by atoms with E-state index in [-0.39, 0.29) is 11.7 Å². The topological polar surface area (TPSA) is 38.8 Å². The highest BCUT2D eigenvalue weighted by molar-refractivity contribution is 5.94. The molecular weight excluding hydrogens is 352 g/mol. The number of carbonyl (C=O) groups excluding carboxylic acids is 1. The number of nitrogens with zero attached hydrogens (tertiary/aromatic N) is 1. The Balaban J connectivity index is 1.36. The summed E-state index contributed by atoms with van der Waals surface area (Å²) in [5, 5.41) is 0. The number of piperidine rings is 1. The van der Waals surface area contributed by atoms with Crippen LogP contribution in [-0.2, 0) is 16.1 Å². The lowest BCUT2D eigenvalue weighted by molar-refractivity contribution is -0.0229. The van der Waals surface area contributed by atoms with Crippen molar-refractivity contribution in [1.29, 1.82) is 0 Å². The zero-order valence-electron chi connectivity index (χ0n) is 15.1. The van der Waals surface area contributed by atoms with Gasteiger partial charge < -0.3 is 14.4 Å². The Hall–Kier alpha value is -2.31. The molecule has 0 radical (unpaired) electrons. The molecule has 1 amide bonds. The van der Waals surface area contributed by atoms with Gasteiger partial charge in [-0.05, 0) is 36.6 Å². The Bertz CT molecular complexity index is 746. The lowest BCUT2D eigenvalue weighted by atomic mass is 10.1. The smallest absolute Gasteiger partial charge is 0.256 e. The summed E-state index contributed by atoms with van der Waals surface area (Å²) in [6, 6.07) is 12.9. The maximum Gasteiger partial charge on any atom is 0.256 e. The number of hydrogen-bond acceptors (Lipinski definition) is 3. The van der Waals surface area contributed by atoms with E-state index >= 15 is 0 Å². The molecule has 0 saturated carbocycles.